The van der Waals surface area contributed by atoms with Crippen LogP contribution in [-0.4, -0.2) is 70.5 Å². The number of aromatic amines is 1. The summed E-state index contributed by atoms with van der Waals surface area (Å²) < 4.78 is 6.94. The average molecular weight is 526 g/mol. The average Bonchev–Trinajstić information content (AvgIpc) is 3.42. The molecular weight excluding hydrogens is 492 g/mol. The van der Waals surface area contributed by atoms with Crippen LogP contribution in [-0.2, 0) is 15.1 Å². The number of nitrogens with zero attached hydrogens (tertiary/aromatic N) is 2. The van der Waals surface area contributed by atoms with Crippen molar-refractivity contribution >= 4 is 22.8 Å². The molecule has 4 heterocycles. The van der Waals surface area contributed by atoms with Gasteiger partial charge in [-0.1, -0.05) is 78.9 Å². The second-order valence-electron chi connectivity index (χ2n) is 10.8. The van der Waals surface area contributed by atoms with Gasteiger partial charge in [0.1, 0.15) is 6.54 Å². The lowest BCUT2D eigenvalue weighted by Crippen LogP contribution is -2.66. The lowest BCUT2D eigenvalue weighted by Gasteiger charge is -2.52. The van der Waals surface area contributed by atoms with Gasteiger partial charge in [-0.2, -0.15) is 5.10 Å². The third-order valence-electron chi connectivity index (χ3n) is 8.54. The molecule has 0 spiro atoms. The zero-order valence-corrected chi connectivity index (χ0v) is 21.8. The summed E-state index contributed by atoms with van der Waals surface area (Å²) in [5.41, 5.74) is 0.314. The number of rotatable bonds is 8. The first-order chi connectivity index (χ1) is 19.0. The standard InChI is InChI=1S/C31H32N4O4/c36-29(28-25-13-7-8-14-26(25)33-34-28)32-17-20-35-18-15-22(16-19-35)27(21-35)39-30(37)31(38,23-9-3-1-4-10-23)24-11-5-2-6-12-24/h1-14,22,27,38H,15-21H2,(H-,32,33,34,36)/p+1/t22?,27-,35?/m1/s1. The number of hydrogen-bond acceptors (Lipinski definition) is 5. The highest BCUT2D eigenvalue weighted by Gasteiger charge is 2.50. The first-order valence-corrected chi connectivity index (χ1v) is 13.6. The number of hydrogen-bond donors (Lipinski definition) is 3. The van der Waals surface area contributed by atoms with Crippen molar-refractivity contribution in [1.82, 2.24) is 15.5 Å². The van der Waals surface area contributed by atoms with Gasteiger partial charge in [-0.3, -0.25) is 9.89 Å². The molecule has 39 heavy (non-hydrogen) atoms. The smallest absolute Gasteiger partial charge is 0.348 e. The summed E-state index contributed by atoms with van der Waals surface area (Å²) in [5.74, 6) is -0.568. The Labute approximate surface area is 227 Å². The summed E-state index contributed by atoms with van der Waals surface area (Å²) in [7, 11) is 0. The summed E-state index contributed by atoms with van der Waals surface area (Å²) >= 11 is 0. The Kier molecular flexibility index (Phi) is 6.66. The molecule has 3 N–H and O–H groups in total. The minimum atomic E-state index is -1.89. The SMILES string of the molecule is O=C(NCC[N+]12CCC(CC1)[C@H](OC(=O)C(O)(c1ccccc1)c1ccccc1)C2)c1n[nH]c2ccccc12. The molecule has 1 amide bonds. The molecule has 0 aliphatic carbocycles. The normalized spacial score (nSPS) is 22.5. The number of benzene rings is 3. The van der Waals surface area contributed by atoms with E-state index in [1.54, 1.807) is 24.3 Å². The van der Waals surface area contributed by atoms with Crippen LogP contribution in [0.25, 0.3) is 10.9 Å². The molecule has 8 heteroatoms. The molecule has 3 saturated heterocycles. The molecule has 3 aliphatic rings. The lowest BCUT2D eigenvalue weighted by molar-refractivity contribution is -0.945. The Balaban J connectivity index is 1.14. The molecule has 1 atom stereocenters. The van der Waals surface area contributed by atoms with E-state index in [-0.39, 0.29) is 17.9 Å². The minimum Gasteiger partial charge on any atom is -0.453 e. The van der Waals surface area contributed by atoms with Crippen molar-refractivity contribution in [3.8, 4) is 0 Å². The van der Waals surface area contributed by atoms with Gasteiger partial charge in [0, 0.05) is 24.1 Å². The third kappa shape index (κ3) is 4.70. The van der Waals surface area contributed by atoms with E-state index in [0.717, 1.165) is 47.9 Å². The van der Waals surface area contributed by atoms with Crippen molar-refractivity contribution in [2.45, 2.75) is 24.5 Å². The Morgan fingerprint density at radius 2 is 1.56 bits per heavy atom. The fourth-order valence-electron chi connectivity index (χ4n) is 6.28. The molecule has 0 radical (unpaired) electrons. The summed E-state index contributed by atoms with van der Waals surface area (Å²) in [6.45, 7) is 3.90. The third-order valence-corrected chi connectivity index (χ3v) is 8.54. The Bertz CT molecular complexity index is 1420. The minimum absolute atomic E-state index is 0.198. The van der Waals surface area contributed by atoms with Gasteiger partial charge in [-0.05, 0) is 17.2 Å². The predicted molar refractivity (Wildman–Crippen MR) is 147 cm³/mol. The number of H-pyrrole nitrogens is 1. The van der Waals surface area contributed by atoms with Crippen LogP contribution >= 0.6 is 0 Å². The molecule has 4 aromatic rings. The van der Waals surface area contributed by atoms with E-state index >= 15 is 0 Å². The highest BCUT2D eigenvalue weighted by molar-refractivity contribution is 6.04. The highest BCUT2D eigenvalue weighted by atomic mass is 16.6. The number of nitrogens with one attached hydrogen (secondary N) is 2. The first kappa shape index (κ1) is 25.3. The second-order valence-corrected chi connectivity index (χ2v) is 10.8. The van der Waals surface area contributed by atoms with Gasteiger partial charge in [-0.15, -0.1) is 0 Å². The summed E-state index contributed by atoms with van der Waals surface area (Å²) in [4.78, 5) is 26.6. The number of carbonyl (C=O) groups excluding carboxylic acids is 2. The molecule has 3 aromatic carbocycles. The molecule has 7 rings (SSSR count). The van der Waals surface area contributed by atoms with E-state index in [9.17, 15) is 14.7 Å². The maximum absolute atomic E-state index is 13.7. The van der Waals surface area contributed by atoms with Gasteiger partial charge in [0.05, 0.1) is 31.7 Å². The fourth-order valence-corrected chi connectivity index (χ4v) is 6.28. The number of amides is 1. The number of fused-ring (bicyclic) bond motifs is 4. The predicted octanol–water partition coefficient (Wildman–Crippen LogP) is 3.38. The van der Waals surface area contributed by atoms with Crippen LogP contribution in [0.3, 0.4) is 0 Å². The Hall–Kier alpha value is -4.01. The van der Waals surface area contributed by atoms with Crippen molar-refractivity contribution < 1.29 is 23.9 Å². The van der Waals surface area contributed by atoms with E-state index in [1.807, 2.05) is 60.7 Å². The zero-order valence-electron chi connectivity index (χ0n) is 21.8. The number of aromatic nitrogens is 2. The molecule has 3 aliphatic heterocycles. The molecule has 0 saturated carbocycles. The topological polar surface area (TPSA) is 104 Å². The number of quaternary nitrogens is 1. The van der Waals surface area contributed by atoms with Gasteiger partial charge in [0.2, 0.25) is 5.60 Å². The van der Waals surface area contributed by atoms with E-state index < -0.39 is 11.6 Å². The maximum atomic E-state index is 13.7. The second kappa shape index (κ2) is 10.3. The molecular formula is C31H33N4O4+. The van der Waals surface area contributed by atoms with Crippen molar-refractivity contribution in [2.75, 3.05) is 32.7 Å². The number of carbonyl (C=O) groups is 2. The first-order valence-electron chi connectivity index (χ1n) is 13.6. The van der Waals surface area contributed by atoms with Crippen molar-refractivity contribution in [3.63, 3.8) is 0 Å². The van der Waals surface area contributed by atoms with Gasteiger partial charge >= 0.3 is 5.97 Å². The van der Waals surface area contributed by atoms with Crippen molar-refractivity contribution in [2.24, 2.45) is 5.92 Å². The van der Waals surface area contributed by atoms with Gasteiger partial charge in [0.15, 0.2) is 11.8 Å². The van der Waals surface area contributed by atoms with E-state index in [0.29, 0.717) is 29.9 Å². The largest absolute Gasteiger partial charge is 0.453 e. The quantitative estimate of drug-likeness (QED) is 0.242. The fraction of sp³-hybridized carbons (Fsp3) is 0.323. The summed E-state index contributed by atoms with van der Waals surface area (Å²) in [6.07, 6.45) is 1.61. The van der Waals surface area contributed by atoms with Crippen LogP contribution in [0, 0.1) is 5.92 Å². The van der Waals surface area contributed by atoms with Crippen molar-refractivity contribution in [3.05, 3.63) is 102 Å². The number of ether oxygens (including phenoxy) is 1. The Morgan fingerprint density at radius 3 is 2.23 bits per heavy atom. The summed E-state index contributed by atoms with van der Waals surface area (Å²) in [6, 6.07) is 25.5. The van der Waals surface area contributed by atoms with E-state index in [2.05, 4.69) is 15.5 Å². The number of para-hydroxylation sites is 1. The summed E-state index contributed by atoms with van der Waals surface area (Å²) in [5, 5.41) is 22.8. The molecule has 2 bridgehead atoms. The van der Waals surface area contributed by atoms with Crippen LogP contribution in [0.1, 0.15) is 34.5 Å². The zero-order chi connectivity index (χ0) is 26.9. The van der Waals surface area contributed by atoms with Crippen LogP contribution in [0.2, 0.25) is 0 Å². The molecule has 0 unspecified atom stereocenters. The molecule has 200 valence electrons. The number of esters is 1. The van der Waals surface area contributed by atoms with E-state index in [1.165, 1.54) is 0 Å². The van der Waals surface area contributed by atoms with E-state index in [4.69, 9.17) is 4.74 Å². The number of aliphatic hydroxyl groups is 1. The van der Waals surface area contributed by atoms with Gasteiger partial charge in [0.25, 0.3) is 5.91 Å². The van der Waals surface area contributed by atoms with Crippen LogP contribution in [0.4, 0.5) is 0 Å². The van der Waals surface area contributed by atoms with Crippen LogP contribution in [0.5, 0.6) is 0 Å². The van der Waals surface area contributed by atoms with Crippen molar-refractivity contribution in [1.29, 1.82) is 0 Å². The molecule has 3 fully saturated rings. The van der Waals surface area contributed by atoms with Gasteiger partial charge in [-0.25, -0.2) is 4.79 Å². The van der Waals surface area contributed by atoms with Crippen LogP contribution < -0.4 is 5.32 Å². The lowest BCUT2D eigenvalue weighted by atomic mass is 9.82. The Morgan fingerprint density at radius 1 is 0.949 bits per heavy atom. The monoisotopic (exact) mass is 525 g/mol. The molecule has 1 aromatic heterocycles. The van der Waals surface area contributed by atoms with Crippen LogP contribution in [0.15, 0.2) is 84.9 Å². The van der Waals surface area contributed by atoms with Gasteiger partial charge < -0.3 is 19.6 Å². The maximum Gasteiger partial charge on any atom is 0.348 e. The highest BCUT2D eigenvalue weighted by Crippen LogP contribution is 2.38. The molecule has 8 nitrogen and oxygen atoms in total. The number of piperidine rings is 3.